The van der Waals surface area contributed by atoms with Crippen molar-refractivity contribution in [1.82, 2.24) is 5.32 Å². The van der Waals surface area contributed by atoms with Gasteiger partial charge in [-0.2, -0.15) is 13.2 Å². The van der Waals surface area contributed by atoms with E-state index in [4.69, 9.17) is 9.47 Å². The molecule has 0 unspecified atom stereocenters. The molecule has 0 bridgehead atoms. The van der Waals surface area contributed by atoms with Crippen LogP contribution in [0.2, 0.25) is 0 Å². The molecule has 25 heavy (non-hydrogen) atoms. The second-order valence-electron chi connectivity index (χ2n) is 5.59. The van der Waals surface area contributed by atoms with Gasteiger partial charge in [-0.1, -0.05) is 6.07 Å². The number of rotatable bonds is 4. The minimum Gasteiger partial charge on any atom is -0.468 e. The fourth-order valence-electron chi connectivity index (χ4n) is 2.61. The largest absolute Gasteiger partial charge is 0.468 e. The fraction of sp³-hybridized carbons (Fsp3) is 0.438. The van der Waals surface area contributed by atoms with Gasteiger partial charge in [0.1, 0.15) is 5.82 Å². The van der Waals surface area contributed by atoms with Gasteiger partial charge in [-0.25, -0.2) is 4.39 Å². The first-order valence-electron chi connectivity index (χ1n) is 7.75. The van der Waals surface area contributed by atoms with Gasteiger partial charge in [0.15, 0.2) is 6.61 Å². The molecule has 0 spiro atoms. The van der Waals surface area contributed by atoms with Gasteiger partial charge >= 0.3 is 6.18 Å². The van der Waals surface area contributed by atoms with Crippen molar-refractivity contribution in [3.8, 4) is 0 Å². The van der Waals surface area contributed by atoms with Crippen LogP contribution < -0.4 is 10.2 Å². The van der Waals surface area contributed by atoms with E-state index in [1.165, 1.54) is 23.2 Å². The summed E-state index contributed by atoms with van der Waals surface area (Å²) in [6.07, 6.45) is -2.14. The summed E-state index contributed by atoms with van der Waals surface area (Å²) in [6.45, 7) is 0.506. The fourth-order valence-corrected chi connectivity index (χ4v) is 2.61. The summed E-state index contributed by atoms with van der Waals surface area (Å²) >= 11 is 0. The summed E-state index contributed by atoms with van der Waals surface area (Å²) in [7, 11) is 0. The molecule has 1 atom stereocenters. The third kappa shape index (κ3) is 4.49. The maximum atomic E-state index is 14.6. The Bertz CT molecular complexity index is 670. The first-order valence-corrected chi connectivity index (χ1v) is 7.75. The van der Waals surface area contributed by atoms with Crippen LogP contribution in [0, 0.1) is 5.82 Å². The molecule has 0 saturated carbocycles. The summed E-state index contributed by atoms with van der Waals surface area (Å²) in [6, 6.07) is 4.54. The lowest BCUT2D eigenvalue weighted by Gasteiger charge is -2.29. The lowest BCUT2D eigenvalue weighted by molar-refractivity contribution is -0.165. The maximum absolute atomic E-state index is 14.6. The minimum atomic E-state index is -4.48. The van der Waals surface area contributed by atoms with E-state index in [1.807, 2.05) is 0 Å². The van der Waals surface area contributed by atoms with Crippen LogP contribution in [0.25, 0.3) is 0 Å². The van der Waals surface area contributed by atoms with Gasteiger partial charge in [0.2, 0.25) is 5.88 Å². The normalized spacial score (nSPS) is 21.2. The third-order valence-corrected chi connectivity index (χ3v) is 3.77. The Kier molecular flexibility index (Phi) is 5.24. The van der Waals surface area contributed by atoms with Crippen LogP contribution >= 0.6 is 0 Å². The molecule has 2 aliphatic heterocycles. The van der Waals surface area contributed by atoms with Crippen LogP contribution in [0.15, 0.2) is 35.3 Å². The standard InChI is InChI=1S/C16H17F4N3O2/c17-12-7-11(14-8-22-4-6-24-14)1-2-13(12)23-5-3-21-9-15(23)25-10-16(18,19)20/h1-3,7,9,14,22H,4-6,8,10H2/t14-/m0/s1. The molecule has 1 aromatic carbocycles. The topological polar surface area (TPSA) is 46.1 Å². The quantitative estimate of drug-likeness (QED) is 0.840. The summed E-state index contributed by atoms with van der Waals surface area (Å²) in [4.78, 5) is 5.09. The molecule has 0 aliphatic carbocycles. The summed E-state index contributed by atoms with van der Waals surface area (Å²) < 4.78 is 62.0. The van der Waals surface area contributed by atoms with Crippen LogP contribution in [-0.4, -0.2) is 45.2 Å². The molecule has 9 heteroatoms. The van der Waals surface area contributed by atoms with Crippen molar-refractivity contribution < 1.29 is 27.0 Å². The monoisotopic (exact) mass is 359 g/mol. The van der Waals surface area contributed by atoms with E-state index < -0.39 is 18.6 Å². The van der Waals surface area contributed by atoms with Crippen LogP contribution in [0.5, 0.6) is 0 Å². The lowest BCUT2D eigenvalue weighted by atomic mass is 10.1. The molecule has 136 valence electrons. The Hall–Kier alpha value is -2.13. The van der Waals surface area contributed by atoms with E-state index in [1.54, 1.807) is 6.07 Å². The Morgan fingerprint density at radius 3 is 2.88 bits per heavy atom. The zero-order valence-corrected chi connectivity index (χ0v) is 13.2. The van der Waals surface area contributed by atoms with Gasteiger partial charge in [0, 0.05) is 19.3 Å². The van der Waals surface area contributed by atoms with Crippen molar-refractivity contribution in [1.29, 1.82) is 0 Å². The van der Waals surface area contributed by atoms with Gasteiger partial charge in [0.05, 0.1) is 31.1 Å². The number of aliphatic imine (C=N–C) groups is 1. The average molecular weight is 359 g/mol. The number of hydrogen-bond acceptors (Lipinski definition) is 5. The zero-order chi connectivity index (χ0) is 17.9. The van der Waals surface area contributed by atoms with E-state index >= 15 is 0 Å². The number of anilines is 1. The molecule has 0 aromatic heterocycles. The Morgan fingerprint density at radius 1 is 1.36 bits per heavy atom. The Morgan fingerprint density at radius 2 is 2.20 bits per heavy atom. The number of hydrogen-bond donors (Lipinski definition) is 1. The highest BCUT2D eigenvalue weighted by Gasteiger charge is 2.30. The van der Waals surface area contributed by atoms with Gasteiger partial charge < -0.3 is 19.7 Å². The van der Waals surface area contributed by atoms with E-state index in [0.29, 0.717) is 18.7 Å². The van der Waals surface area contributed by atoms with Crippen molar-refractivity contribution in [2.45, 2.75) is 12.3 Å². The van der Waals surface area contributed by atoms with Crippen LogP contribution in [0.1, 0.15) is 11.7 Å². The third-order valence-electron chi connectivity index (χ3n) is 3.77. The second-order valence-corrected chi connectivity index (χ2v) is 5.59. The maximum Gasteiger partial charge on any atom is 0.422 e. The SMILES string of the molecule is Fc1cc([C@@H]2CNCCO2)ccc1N1CC=NC=C1OCC(F)(F)F. The summed E-state index contributed by atoms with van der Waals surface area (Å²) in [5.41, 5.74) is 0.785. The number of benzene rings is 1. The number of ether oxygens (including phenoxy) is 2. The molecule has 2 heterocycles. The predicted octanol–water partition coefficient (Wildman–Crippen LogP) is 2.76. The van der Waals surface area contributed by atoms with E-state index in [9.17, 15) is 17.6 Å². The number of halogens is 4. The first-order chi connectivity index (χ1) is 11.9. The van der Waals surface area contributed by atoms with E-state index in [-0.39, 0.29) is 24.2 Å². The van der Waals surface area contributed by atoms with Gasteiger partial charge in [0.25, 0.3) is 0 Å². The number of alkyl halides is 3. The molecular formula is C16H17F4N3O2. The molecule has 2 aliphatic rings. The van der Waals surface area contributed by atoms with E-state index in [2.05, 4.69) is 10.3 Å². The minimum absolute atomic E-state index is 0.113. The molecule has 1 saturated heterocycles. The molecule has 3 rings (SSSR count). The first kappa shape index (κ1) is 17.7. The van der Waals surface area contributed by atoms with Crippen molar-refractivity contribution in [2.24, 2.45) is 4.99 Å². The van der Waals surface area contributed by atoms with Crippen LogP contribution in [-0.2, 0) is 9.47 Å². The second kappa shape index (κ2) is 7.40. The van der Waals surface area contributed by atoms with Crippen molar-refractivity contribution in [3.63, 3.8) is 0 Å². The highest BCUT2D eigenvalue weighted by Crippen LogP contribution is 2.29. The van der Waals surface area contributed by atoms with Crippen molar-refractivity contribution in [2.75, 3.05) is 37.7 Å². The van der Waals surface area contributed by atoms with Gasteiger partial charge in [-0.3, -0.25) is 4.99 Å². The van der Waals surface area contributed by atoms with Crippen molar-refractivity contribution >= 4 is 11.9 Å². The lowest BCUT2D eigenvalue weighted by Crippen LogP contribution is -2.33. The van der Waals surface area contributed by atoms with Crippen LogP contribution in [0.3, 0.4) is 0 Å². The summed E-state index contributed by atoms with van der Waals surface area (Å²) in [5, 5.41) is 3.16. The highest BCUT2D eigenvalue weighted by molar-refractivity contribution is 5.71. The average Bonchev–Trinajstić information content (AvgIpc) is 2.60. The van der Waals surface area contributed by atoms with Crippen LogP contribution in [0.4, 0.5) is 23.2 Å². The molecular weight excluding hydrogens is 342 g/mol. The number of nitrogens with zero attached hydrogens (tertiary/aromatic N) is 2. The number of morpholine rings is 1. The van der Waals surface area contributed by atoms with Gasteiger partial charge in [-0.05, 0) is 17.7 Å². The molecule has 1 N–H and O–H groups in total. The smallest absolute Gasteiger partial charge is 0.422 e. The highest BCUT2D eigenvalue weighted by atomic mass is 19.4. The molecule has 1 fully saturated rings. The number of nitrogens with one attached hydrogen (secondary N) is 1. The molecule has 1 aromatic rings. The zero-order valence-electron chi connectivity index (χ0n) is 13.2. The Labute approximate surface area is 141 Å². The molecule has 5 nitrogen and oxygen atoms in total. The van der Waals surface area contributed by atoms with Gasteiger partial charge in [-0.15, -0.1) is 0 Å². The molecule has 0 amide bonds. The van der Waals surface area contributed by atoms with E-state index in [0.717, 1.165) is 12.7 Å². The molecule has 0 radical (unpaired) electrons. The predicted molar refractivity (Wildman–Crippen MR) is 83.9 cm³/mol. The Balaban J connectivity index is 1.77. The van der Waals surface area contributed by atoms with Crippen molar-refractivity contribution in [3.05, 3.63) is 41.7 Å². The summed E-state index contributed by atoms with van der Waals surface area (Å²) in [5.74, 6) is -0.717.